The molecule has 0 spiro atoms. The first kappa shape index (κ1) is 18.6. The van der Waals surface area contributed by atoms with Crippen molar-refractivity contribution in [3.63, 3.8) is 0 Å². The molecule has 24 heavy (non-hydrogen) atoms. The van der Waals surface area contributed by atoms with Crippen LogP contribution in [0, 0.1) is 11.6 Å². The average Bonchev–Trinajstić information content (AvgIpc) is 2.50. The Kier molecular flexibility index (Phi) is 5.17. The number of halogens is 6. The second-order valence-electron chi connectivity index (χ2n) is 4.67. The van der Waals surface area contributed by atoms with Crippen molar-refractivity contribution in [2.24, 2.45) is 0 Å². The van der Waals surface area contributed by atoms with E-state index in [9.17, 15) is 30.4 Å². The van der Waals surface area contributed by atoms with Crippen molar-refractivity contribution in [1.82, 2.24) is 4.72 Å². The van der Waals surface area contributed by atoms with Gasteiger partial charge in [-0.3, -0.25) is 0 Å². The normalized spacial score (nSPS) is 12.4. The van der Waals surface area contributed by atoms with E-state index in [1.165, 1.54) is 0 Å². The largest absolute Gasteiger partial charge is 0.416 e. The number of hydrogen-bond donors (Lipinski definition) is 1. The Morgan fingerprint density at radius 1 is 1.00 bits per heavy atom. The zero-order valence-corrected chi connectivity index (χ0v) is 13.2. The van der Waals surface area contributed by atoms with Crippen molar-refractivity contribution in [2.75, 3.05) is 0 Å². The molecule has 0 aromatic heterocycles. The Bertz CT molecular complexity index is 851. The summed E-state index contributed by atoms with van der Waals surface area (Å²) in [5.74, 6) is -2.13. The number of rotatable bonds is 4. The van der Waals surface area contributed by atoms with Gasteiger partial charge in [-0.05, 0) is 36.4 Å². The molecule has 1 N–H and O–H groups in total. The van der Waals surface area contributed by atoms with Gasteiger partial charge in [0.05, 0.1) is 15.5 Å². The quantitative estimate of drug-likeness (QED) is 0.636. The Morgan fingerprint density at radius 2 is 1.58 bits per heavy atom. The fourth-order valence-corrected chi connectivity index (χ4v) is 2.98. The first-order valence-corrected chi connectivity index (χ1v) is 8.18. The number of hydrogen-bond acceptors (Lipinski definition) is 2. The van der Waals surface area contributed by atoms with Gasteiger partial charge in [-0.25, -0.2) is 21.9 Å². The highest BCUT2D eigenvalue weighted by atomic mass is 35.5. The molecule has 2 rings (SSSR count). The molecule has 0 aliphatic heterocycles. The third-order valence-electron chi connectivity index (χ3n) is 3.07. The minimum Gasteiger partial charge on any atom is -0.207 e. The second kappa shape index (κ2) is 6.66. The Balaban J connectivity index is 2.22. The van der Waals surface area contributed by atoms with E-state index in [2.05, 4.69) is 0 Å². The van der Waals surface area contributed by atoms with Crippen LogP contribution in [-0.2, 0) is 22.7 Å². The van der Waals surface area contributed by atoms with Gasteiger partial charge in [0.1, 0.15) is 11.6 Å². The minimum absolute atomic E-state index is 0.389. The maximum Gasteiger partial charge on any atom is 0.416 e. The average molecular weight is 386 g/mol. The lowest BCUT2D eigenvalue weighted by Crippen LogP contribution is -2.24. The number of sulfonamides is 1. The summed E-state index contributed by atoms with van der Waals surface area (Å²) < 4.78 is 90.5. The van der Waals surface area contributed by atoms with Crippen molar-refractivity contribution >= 4 is 21.6 Å². The third-order valence-corrected chi connectivity index (χ3v) is 4.78. The van der Waals surface area contributed by atoms with Gasteiger partial charge in [0.25, 0.3) is 0 Å². The summed E-state index contributed by atoms with van der Waals surface area (Å²) in [5, 5.41) is -0.389. The molecule has 0 bridgehead atoms. The van der Waals surface area contributed by atoms with Crippen molar-refractivity contribution in [1.29, 1.82) is 0 Å². The van der Waals surface area contributed by atoms with Crippen LogP contribution in [0.2, 0.25) is 5.02 Å². The summed E-state index contributed by atoms with van der Waals surface area (Å²) in [6.45, 7) is -0.748. The zero-order valence-electron chi connectivity index (χ0n) is 11.7. The molecule has 0 amide bonds. The van der Waals surface area contributed by atoms with E-state index >= 15 is 0 Å². The summed E-state index contributed by atoms with van der Waals surface area (Å²) in [6, 6.07) is 4.52. The number of benzene rings is 2. The second-order valence-corrected chi connectivity index (χ2v) is 6.84. The van der Waals surface area contributed by atoms with Crippen LogP contribution in [0.5, 0.6) is 0 Å². The van der Waals surface area contributed by atoms with Gasteiger partial charge in [0.2, 0.25) is 10.0 Å². The lowest BCUT2D eigenvalue weighted by molar-refractivity contribution is -0.137. The molecule has 0 aliphatic carbocycles. The van der Waals surface area contributed by atoms with Crippen molar-refractivity contribution in [3.8, 4) is 0 Å². The van der Waals surface area contributed by atoms with E-state index in [4.69, 9.17) is 11.6 Å². The van der Waals surface area contributed by atoms with Gasteiger partial charge in [0, 0.05) is 12.1 Å². The molecular weight excluding hydrogens is 377 g/mol. The van der Waals surface area contributed by atoms with E-state index in [1.807, 2.05) is 4.72 Å². The number of alkyl halides is 3. The summed E-state index contributed by atoms with van der Waals surface area (Å²) in [4.78, 5) is -0.474. The first-order chi connectivity index (χ1) is 11.0. The van der Waals surface area contributed by atoms with Crippen LogP contribution < -0.4 is 4.72 Å². The standard InChI is InChI=1S/C14H9ClF5NO2S/c15-11-5-6-12(16)10(13(11)17)7-21-24(22,23)9-3-1-8(2-4-9)14(18,19)20/h1-6,21H,7H2. The fourth-order valence-electron chi connectivity index (χ4n) is 1.80. The molecule has 0 radical (unpaired) electrons. The smallest absolute Gasteiger partial charge is 0.207 e. The molecule has 0 saturated carbocycles. The van der Waals surface area contributed by atoms with Gasteiger partial charge in [-0.1, -0.05) is 11.6 Å². The van der Waals surface area contributed by atoms with Crippen LogP contribution in [0.4, 0.5) is 22.0 Å². The van der Waals surface area contributed by atoms with Gasteiger partial charge < -0.3 is 0 Å². The maximum absolute atomic E-state index is 13.7. The molecule has 10 heteroatoms. The predicted octanol–water partition coefficient (Wildman–Crippen LogP) is 4.12. The Hall–Kier alpha value is -1.71. The molecule has 0 heterocycles. The highest BCUT2D eigenvalue weighted by Gasteiger charge is 2.30. The number of nitrogens with one attached hydrogen (secondary N) is 1. The third kappa shape index (κ3) is 4.03. The molecule has 2 aromatic rings. The van der Waals surface area contributed by atoms with E-state index in [0.717, 1.165) is 24.3 Å². The van der Waals surface area contributed by atoms with Crippen LogP contribution in [-0.4, -0.2) is 8.42 Å². The Morgan fingerprint density at radius 3 is 2.12 bits per heavy atom. The molecule has 0 aliphatic rings. The van der Waals surface area contributed by atoms with Gasteiger partial charge in [-0.15, -0.1) is 0 Å². The highest BCUT2D eigenvalue weighted by Crippen LogP contribution is 2.29. The van der Waals surface area contributed by atoms with Crippen LogP contribution in [0.25, 0.3) is 0 Å². The van der Waals surface area contributed by atoms with E-state index < -0.39 is 50.4 Å². The van der Waals surface area contributed by atoms with E-state index in [-0.39, 0.29) is 5.02 Å². The molecule has 2 aromatic carbocycles. The van der Waals surface area contributed by atoms with E-state index in [1.54, 1.807) is 0 Å². The topological polar surface area (TPSA) is 46.2 Å². The van der Waals surface area contributed by atoms with E-state index in [0.29, 0.717) is 12.1 Å². The summed E-state index contributed by atoms with van der Waals surface area (Å²) in [6.07, 6.45) is -4.61. The van der Waals surface area contributed by atoms with Gasteiger partial charge in [-0.2, -0.15) is 13.2 Å². The lowest BCUT2D eigenvalue weighted by atomic mass is 10.2. The molecule has 0 fully saturated rings. The maximum atomic E-state index is 13.7. The summed E-state index contributed by atoms with van der Waals surface area (Å²) in [5.41, 5.74) is -1.62. The summed E-state index contributed by atoms with van der Waals surface area (Å²) in [7, 11) is -4.26. The highest BCUT2D eigenvalue weighted by molar-refractivity contribution is 7.89. The molecule has 3 nitrogen and oxygen atoms in total. The van der Waals surface area contributed by atoms with Gasteiger partial charge >= 0.3 is 6.18 Å². The van der Waals surface area contributed by atoms with Crippen LogP contribution in [0.15, 0.2) is 41.3 Å². The fraction of sp³-hybridized carbons (Fsp3) is 0.143. The Labute approximate surface area is 139 Å². The lowest BCUT2D eigenvalue weighted by Gasteiger charge is -2.10. The van der Waals surface area contributed by atoms with Crippen molar-refractivity contribution in [2.45, 2.75) is 17.6 Å². The first-order valence-electron chi connectivity index (χ1n) is 6.31. The predicted molar refractivity (Wildman–Crippen MR) is 76.8 cm³/mol. The molecule has 0 atom stereocenters. The molecule has 0 unspecified atom stereocenters. The molecule has 0 saturated heterocycles. The van der Waals surface area contributed by atoms with Crippen LogP contribution in [0.1, 0.15) is 11.1 Å². The van der Waals surface area contributed by atoms with Crippen LogP contribution in [0.3, 0.4) is 0 Å². The molecule has 130 valence electrons. The minimum atomic E-state index is -4.61. The van der Waals surface area contributed by atoms with Gasteiger partial charge in [0.15, 0.2) is 0 Å². The SMILES string of the molecule is O=S(=O)(NCc1c(F)ccc(Cl)c1F)c1ccc(C(F)(F)F)cc1. The monoisotopic (exact) mass is 385 g/mol. The van der Waals surface area contributed by atoms with Crippen molar-refractivity contribution in [3.05, 3.63) is 64.2 Å². The zero-order chi connectivity index (χ0) is 18.1. The van der Waals surface area contributed by atoms with Crippen molar-refractivity contribution < 1.29 is 30.4 Å². The van der Waals surface area contributed by atoms with Crippen LogP contribution >= 0.6 is 11.6 Å². The molecular formula is C14H9ClF5NO2S. The summed E-state index contributed by atoms with van der Waals surface area (Å²) >= 11 is 5.49.